The maximum absolute atomic E-state index is 10.7. The summed E-state index contributed by atoms with van der Waals surface area (Å²) in [6.45, 7) is 0. The Morgan fingerprint density at radius 3 is 2.75 bits per heavy atom. The summed E-state index contributed by atoms with van der Waals surface area (Å²) in [4.78, 5) is 7.26. The smallest absolute Gasteiger partial charge is 0.237 e. The van der Waals surface area contributed by atoms with Crippen molar-refractivity contribution in [3.05, 3.63) is 17.4 Å². The predicted molar refractivity (Wildman–Crippen MR) is 45.5 cm³/mol. The second kappa shape index (κ2) is 3.24. The summed E-state index contributed by atoms with van der Waals surface area (Å²) < 4.78 is 23.4. The van der Waals surface area contributed by atoms with E-state index < -0.39 is 10.0 Å². The van der Waals surface area contributed by atoms with Gasteiger partial charge in [0.25, 0.3) is 0 Å². The van der Waals surface area contributed by atoms with Gasteiger partial charge < -0.3 is 0 Å². The molecule has 1 rings (SSSR count). The van der Waals surface area contributed by atoms with Gasteiger partial charge in [-0.05, 0) is 6.07 Å². The second-order valence-electron chi connectivity index (χ2n) is 2.08. The van der Waals surface area contributed by atoms with E-state index in [4.69, 9.17) is 11.6 Å². The Morgan fingerprint density at radius 2 is 2.25 bits per heavy atom. The Balaban J connectivity index is 2.91. The normalized spacial score (nSPS) is 11.2. The second-order valence-corrected chi connectivity index (χ2v) is 4.21. The monoisotopic (exact) mass is 207 g/mol. The number of hydrogen-bond acceptors (Lipinski definition) is 4. The van der Waals surface area contributed by atoms with Crippen LogP contribution in [-0.4, -0.2) is 24.6 Å². The summed E-state index contributed by atoms with van der Waals surface area (Å²) in [5, 5.41) is 0.191. The minimum absolute atomic E-state index is 0.0231. The fraction of sp³-hybridized carbons (Fsp3) is 0.200. The zero-order valence-electron chi connectivity index (χ0n) is 6.15. The van der Waals surface area contributed by atoms with E-state index in [-0.39, 0.29) is 11.1 Å². The molecular formula is C5H6ClN3O2S. The third kappa shape index (κ3) is 3.02. The molecule has 0 saturated heterocycles. The van der Waals surface area contributed by atoms with Crippen LogP contribution in [-0.2, 0) is 10.0 Å². The summed E-state index contributed by atoms with van der Waals surface area (Å²) >= 11 is 5.49. The largest absolute Gasteiger partial charge is 0.251 e. The number of hydrogen-bond donors (Lipinski definition) is 1. The molecule has 1 aromatic heterocycles. The van der Waals surface area contributed by atoms with Gasteiger partial charge in [-0.1, -0.05) is 11.6 Å². The van der Waals surface area contributed by atoms with Gasteiger partial charge in [-0.2, -0.15) is 0 Å². The van der Waals surface area contributed by atoms with Crippen LogP contribution >= 0.6 is 11.6 Å². The van der Waals surface area contributed by atoms with Gasteiger partial charge in [0.2, 0.25) is 16.0 Å². The number of rotatable bonds is 2. The maximum atomic E-state index is 10.7. The molecule has 0 amide bonds. The molecule has 0 bridgehead atoms. The quantitative estimate of drug-likeness (QED) is 0.717. The average molecular weight is 208 g/mol. The van der Waals surface area contributed by atoms with Crippen LogP contribution in [0.25, 0.3) is 0 Å². The fourth-order valence-corrected chi connectivity index (χ4v) is 1.12. The minimum Gasteiger partial charge on any atom is -0.251 e. The predicted octanol–water partition coefficient (Wildman–Crippen LogP) is 0.501. The number of nitrogens with one attached hydrogen (secondary N) is 1. The van der Waals surface area contributed by atoms with Crippen molar-refractivity contribution in [1.29, 1.82) is 0 Å². The summed E-state index contributed by atoms with van der Waals surface area (Å²) in [5.74, 6) is -0.0231. The lowest BCUT2D eigenvalue weighted by molar-refractivity contribution is 0.606. The Labute approximate surface area is 74.8 Å². The molecule has 0 aliphatic carbocycles. The first-order chi connectivity index (χ1) is 5.47. The van der Waals surface area contributed by atoms with E-state index in [1.165, 1.54) is 12.3 Å². The summed E-state index contributed by atoms with van der Waals surface area (Å²) in [6, 6.07) is 1.45. The number of halogens is 1. The van der Waals surface area contributed by atoms with E-state index in [0.717, 1.165) is 6.26 Å². The molecule has 1 heterocycles. The molecular weight excluding hydrogens is 202 g/mol. The molecule has 0 unspecified atom stereocenters. The van der Waals surface area contributed by atoms with Crippen molar-refractivity contribution in [2.24, 2.45) is 0 Å². The van der Waals surface area contributed by atoms with Gasteiger partial charge in [0.05, 0.1) is 6.26 Å². The number of aromatic nitrogens is 2. The van der Waals surface area contributed by atoms with E-state index in [2.05, 4.69) is 14.7 Å². The van der Waals surface area contributed by atoms with Crippen molar-refractivity contribution in [1.82, 2.24) is 9.97 Å². The van der Waals surface area contributed by atoms with E-state index in [9.17, 15) is 8.42 Å². The molecule has 1 aromatic rings. The maximum Gasteiger partial charge on any atom is 0.237 e. The zero-order valence-corrected chi connectivity index (χ0v) is 7.72. The molecule has 66 valence electrons. The van der Waals surface area contributed by atoms with E-state index in [0.29, 0.717) is 0 Å². The highest BCUT2D eigenvalue weighted by molar-refractivity contribution is 7.91. The first-order valence-corrected chi connectivity index (χ1v) is 5.21. The fourth-order valence-electron chi connectivity index (χ4n) is 0.552. The van der Waals surface area contributed by atoms with Crippen LogP contribution < -0.4 is 4.72 Å². The highest BCUT2D eigenvalue weighted by atomic mass is 35.5. The highest BCUT2D eigenvalue weighted by Crippen LogP contribution is 2.06. The van der Waals surface area contributed by atoms with Crippen molar-refractivity contribution in [2.75, 3.05) is 11.0 Å². The van der Waals surface area contributed by atoms with E-state index >= 15 is 0 Å². The van der Waals surface area contributed by atoms with Gasteiger partial charge in [0, 0.05) is 6.20 Å². The van der Waals surface area contributed by atoms with E-state index in [1.807, 2.05) is 0 Å². The molecule has 1 N–H and O–H groups in total. The minimum atomic E-state index is -3.33. The van der Waals surface area contributed by atoms with Gasteiger partial charge in [-0.25, -0.2) is 18.4 Å². The first-order valence-electron chi connectivity index (χ1n) is 2.94. The topological polar surface area (TPSA) is 72.0 Å². The molecule has 5 nitrogen and oxygen atoms in total. The van der Waals surface area contributed by atoms with Gasteiger partial charge in [-0.15, -0.1) is 0 Å². The van der Waals surface area contributed by atoms with Crippen LogP contribution in [0.15, 0.2) is 12.3 Å². The highest BCUT2D eigenvalue weighted by Gasteiger charge is 2.03. The number of nitrogens with zero attached hydrogens (tertiary/aromatic N) is 2. The molecule has 7 heteroatoms. The van der Waals surface area contributed by atoms with Crippen molar-refractivity contribution < 1.29 is 8.42 Å². The SMILES string of the molecule is CS(=O)(=O)Nc1nccc(Cl)n1. The Kier molecular flexibility index (Phi) is 2.49. The molecule has 0 radical (unpaired) electrons. The molecule has 0 aliphatic rings. The number of sulfonamides is 1. The molecule has 0 fully saturated rings. The molecule has 0 aromatic carbocycles. The van der Waals surface area contributed by atoms with Crippen LogP contribution in [0.2, 0.25) is 5.15 Å². The number of anilines is 1. The van der Waals surface area contributed by atoms with Crippen LogP contribution in [0.3, 0.4) is 0 Å². The van der Waals surface area contributed by atoms with E-state index in [1.54, 1.807) is 0 Å². The molecule has 0 spiro atoms. The van der Waals surface area contributed by atoms with Crippen molar-refractivity contribution >= 4 is 27.6 Å². The van der Waals surface area contributed by atoms with Crippen LogP contribution in [0, 0.1) is 0 Å². The van der Waals surface area contributed by atoms with Gasteiger partial charge in [0.15, 0.2) is 0 Å². The third-order valence-corrected chi connectivity index (χ3v) is 1.66. The van der Waals surface area contributed by atoms with Gasteiger partial charge in [-0.3, -0.25) is 4.72 Å². The molecule has 0 atom stereocenters. The zero-order chi connectivity index (χ0) is 9.19. The standard InChI is InChI=1S/C5H6ClN3O2S/c1-12(10,11)9-5-7-3-2-4(6)8-5/h2-3H,1H3,(H,7,8,9). The van der Waals surface area contributed by atoms with Crippen LogP contribution in [0.1, 0.15) is 0 Å². The van der Waals surface area contributed by atoms with Crippen molar-refractivity contribution in [2.45, 2.75) is 0 Å². The van der Waals surface area contributed by atoms with Crippen molar-refractivity contribution in [3.8, 4) is 0 Å². The average Bonchev–Trinajstić information content (AvgIpc) is 1.82. The van der Waals surface area contributed by atoms with Gasteiger partial charge in [0.1, 0.15) is 5.15 Å². The van der Waals surface area contributed by atoms with Gasteiger partial charge >= 0.3 is 0 Å². The lowest BCUT2D eigenvalue weighted by Gasteiger charge is -1.99. The third-order valence-electron chi connectivity index (χ3n) is 0.898. The first kappa shape index (κ1) is 9.21. The molecule has 0 aliphatic heterocycles. The lowest BCUT2D eigenvalue weighted by Crippen LogP contribution is -2.11. The summed E-state index contributed by atoms with van der Waals surface area (Å²) in [7, 11) is -3.33. The lowest BCUT2D eigenvalue weighted by atomic mass is 10.7. The molecule has 0 saturated carbocycles. The Morgan fingerprint density at radius 1 is 1.58 bits per heavy atom. The Bertz CT molecular complexity index is 378. The Hall–Kier alpha value is -0.880. The summed E-state index contributed by atoms with van der Waals surface area (Å²) in [5.41, 5.74) is 0. The van der Waals surface area contributed by atoms with Crippen LogP contribution in [0.4, 0.5) is 5.95 Å². The van der Waals surface area contributed by atoms with Crippen LogP contribution in [0.5, 0.6) is 0 Å². The summed E-state index contributed by atoms with van der Waals surface area (Å²) in [6.07, 6.45) is 2.38. The van der Waals surface area contributed by atoms with Crippen molar-refractivity contribution in [3.63, 3.8) is 0 Å². The molecule has 12 heavy (non-hydrogen) atoms.